The first kappa shape index (κ1) is 38.1. The highest BCUT2D eigenvalue weighted by atomic mass is 19.4. The summed E-state index contributed by atoms with van der Waals surface area (Å²) in [5.74, 6) is -5.75. The molecule has 13 heteroatoms. The van der Waals surface area contributed by atoms with Crippen LogP contribution in [0.2, 0.25) is 0 Å². The zero-order valence-electron chi connectivity index (χ0n) is 25.0. The number of hydrogen-bond acceptors (Lipinski definition) is 6. The van der Waals surface area contributed by atoms with Gasteiger partial charge in [0.05, 0.1) is 6.54 Å². The largest absolute Gasteiger partial charge is 0.389 e. The van der Waals surface area contributed by atoms with E-state index in [-0.39, 0.29) is 0 Å². The SMILES string of the molecule is C/C(=N/C(C=O)NCC(=O)C(CCC(F)(F)F)C(CCC(F)(F)F)C(N)=O)c1ccccc1N(C)C.CC1=CC=C=CC=C1. The minimum atomic E-state index is -4.70. The molecule has 44 heavy (non-hydrogen) atoms. The van der Waals surface area contributed by atoms with E-state index in [4.69, 9.17) is 5.73 Å². The number of primary amides is 1. The number of hydrogen-bond donors (Lipinski definition) is 2. The lowest BCUT2D eigenvalue weighted by atomic mass is 9.81. The Balaban J connectivity index is 0.00000104. The van der Waals surface area contributed by atoms with Crippen molar-refractivity contribution in [3.8, 4) is 0 Å². The van der Waals surface area contributed by atoms with Gasteiger partial charge in [0.15, 0.2) is 18.2 Å². The molecule has 0 radical (unpaired) electrons. The number of aldehydes is 1. The van der Waals surface area contributed by atoms with E-state index in [1.54, 1.807) is 39.2 Å². The van der Waals surface area contributed by atoms with Crippen LogP contribution in [0.4, 0.5) is 32.0 Å². The van der Waals surface area contributed by atoms with Gasteiger partial charge in [0.25, 0.3) is 0 Å². The highest BCUT2D eigenvalue weighted by molar-refractivity contribution is 6.04. The van der Waals surface area contributed by atoms with Crippen molar-refractivity contribution in [2.45, 2.75) is 58.0 Å². The van der Waals surface area contributed by atoms with Crippen LogP contribution in [0.25, 0.3) is 0 Å². The normalized spacial score (nSPS) is 15.3. The topological polar surface area (TPSA) is 105 Å². The second kappa shape index (κ2) is 18.0. The maximum Gasteiger partial charge on any atom is 0.389 e. The molecule has 3 atom stereocenters. The summed E-state index contributed by atoms with van der Waals surface area (Å²) >= 11 is 0. The number of anilines is 1. The van der Waals surface area contributed by atoms with Crippen LogP contribution in [-0.4, -0.2) is 62.8 Å². The molecule has 1 amide bonds. The molecule has 0 bridgehead atoms. The molecule has 1 aromatic carbocycles. The van der Waals surface area contributed by atoms with Gasteiger partial charge in [-0.15, -0.1) is 5.73 Å². The van der Waals surface area contributed by atoms with Crippen molar-refractivity contribution in [2.24, 2.45) is 22.6 Å². The number of Topliss-reactive ketones (excluding diaryl/α,β-unsaturated/α-hetero) is 1. The van der Waals surface area contributed by atoms with E-state index in [0.29, 0.717) is 17.6 Å². The second-order valence-corrected chi connectivity index (χ2v) is 10.2. The van der Waals surface area contributed by atoms with Crippen LogP contribution in [-0.2, 0) is 14.4 Å². The number of carbonyl (C=O) groups excluding carboxylic acids is 3. The molecule has 0 saturated carbocycles. The van der Waals surface area contributed by atoms with Gasteiger partial charge < -0.3 is 10.6 Å². The Labute approximate surface area is 253 Å². The van der Waals surface area contributed by atoms with Gasteiger partial charge in [-0.25, -0.2) is 0 Å². The van der Waals surface area contributed by atoms with Crippen LogP contribution >= 0.6 is 0 Å². The van der Waals surface area contributed by atoms with Gasteiger partial charge >= 0.3 is 12.4 Å². The summed E-state index contributed by atoms with van der Waals surface area (Å²) in [5, 5.41) is 2.49. The van der Waals surface area contributed by atoms with Gasteiger partial charge in [0.1, 0.15) is 0 Å². The lowest BCUT2D eigenvalue weighted by Crippen LogP contribution is -2.42. The number of benzene rings is 1. The molecule has 7 nitrogen and oxygen atoms in total. The summed E-state index contributed by atoms with van der Waals surface area (Å²) < 4.78 is 76.4. The molecular weight excluding hydrogens is 590 g/mol. The molecule has 1 aliphatic carbocycles. The van der Waals surface area contributed by atoms with Crippen molar-refractivity contribution < 1.29 is 40.7 Å². The van der Waals surface area contributed by atoms with Crippen molar-refractivity contribution in [2.75, 3.05) is 25.5 Å². The Hall–Kier alpha value is -3.96. The highest BCUT2D eigenvalue weighted by Gasteiger charge is 2.39. The van der Waals surface area contributed by atoms with E-state index in [1.807, 2.05) is 35.3 Å². The molecule has 0 aliphatic heterocycles. The van der Waals surface area contributed by atoms with Crippen molar-refractivity contribution in [1.82, 2.24) is 5.32 Å². The molecule has 1 aliphatic rings. The lowest BCUT2D eigenvalue weighted by molar-refractivity contribution is -0.151. The minimum absolute atomic E-state index is 0.370. The van der Waals surface area contributed by atoms with Gasteiger partial charge in [-0.05, 0) is 44.9 Å². The van der Waals surface area contributed by atoms with Crippen LogP contribution in [0.1, 0.15) is 45.1 Å². The average Bonchev–Trinajstić information content (AvgIpc) is 3.18. The summed E-state index contributed by atoms with van der Waals surface area (Å²) in [6.45, 7) is 2.98. The number of aliphatic imine (C=N–C) groups is 1. The van der Waals surface area contributed by atoms with Gasteiger partial charge in [-0.3, -0.25) is 24.7 Å². The number of nitrogens with one attached hydrogen (secondary N) is 1. The van der Waals surface area contributed by atoms with E-state index in [2.05, 4.69) is 29.0 Å². The standard InChI is InChI=1S/C23H30F6N4O3.C8H8/c1-14(15-6-4-5-7-18(15)33(2)3)32-20(13-34)31-12-19(35)16(8-10-22(24,25)26)17(21(30)36)9-11-23(27,28)29;1-8-6-4-2-3-5-7-8/h4-7,13,16-17,20,31H,8-12H2,1-3H3,(H2,30,36);2,4-7H,1H3/b32-14-;. The molecule has 3 N–H and O–H groups in total. The van der Waals surface area contributed by atoms with Crippen LogP contribution in [0.15, 0.2) is 70.9 Å². The smallest absolute Gasteiger partial charge is 0.377 e. The van der Waals surface area contributed by atoms with Crippen molar-refractivity contribution in [3.63, 3.8) is 0 Å². The second-order valence-electron chi connectivity index (χ2n) is 10.2. The van der Waals surface area contributed by atoms with Gasteiger partial charge in [-0.1, -0.05) is 42.0 Å². The number of nitrogens with zero attached hydrogens (tertiary/aromatic N) is 2. The fraction of sp³-hybridized carbons (Fsp3) is 0.452. The molecule has 0 heterocycles. The number of alkyl halides is 6. The summed E-state index contributed by atoms with van der Waals surface area (Å²) in [7, 11) is 3.60. The molecule has 0 spiro atoms. The third kappa shape index (κ3) is 15.0. The third-order valence-electron chi connectivity index (χ3n) is 6.46. The fourth-order valence-corrected chi connectivity index (χ4v) is 4.22. The quantitative estimate of drug-likeness (QED) is 0.116. The number of amides is 1. The predicted molar refractivity (Wildman–Crippen MR) is 158 cm³/mol. The van der Waals surface area contributed by atoms with E-state index in [0.717, 1.165) is 5.69 Å². The number of para-hydroxylation sites is 1. The number of rotatable bonds is 14. The molecule has 0 fully saturated rings. The Morgan fingerprint density at radius 1 is 1.02 bits per heavy atom. The van der Waals surface area contributed by atoms with Crippen LogP contribution in [0.3, 0.4) is 0 Å². The van der Waals surface area contributed by atoms with Crippen molar-refractivity contribution in [1.29, 1.82) is 0 Å². The summed E-state index contributed by atoms with van der Waals surface area (Å²) in [6.07, 6.45) is -5.25. The Kier molecular flexibility index (Phi) is 15.6. The minimum Gasteiger partial charge on any atom is -0.377 e. The van der Waals surface area contributed by atoms with Crippen LogP contribution in [0.5, 0.6) is 0 Å². The molecule has 2 rings (SSSR count). The van der Waals surface area contributed by atoms with Gasteiger partial charge in [-0.2, -0.15) is 26.3 Å². The number of halogens is 6. The first-order chi connectivity index (χ1) is 20.4. The van der Waals surface area contributed by atoms with E-state index in [1.165, 1.54) is 5.57 Å². The third-order valence-corrected chi connectivity index (χ3v) is 6.46. The molecule has 242 valence electrons. The molecular formula is C31H38F6N4O3. The Morgan fingerprint density at radius 3 is 2.16 bits per heavy atom. The van der Waals surface area contributed by atoms with Crippen LogP contribution in [0, 0.1) is 11.8 Å². The van der Waals surface area contributed by atoms with E-state index < -0.39 is 74.3 Å². The lowest BCUT2D eigenvalue weighted by Gasteiger charge is -2.25. The van der Waals surface area contributed by atoms with E-state index in [9.17, 15) is 40.7 Å². The summed E-state index contributed by atoms with van der Waals surface area (Å²) in [5.41, 5.74) is 11.3. The van der Waals surface area contributed by atoms with E-state index >= 15 is 0 Å². The zero-order valence-corrected chi connectivity index (χ0v) is 25.0. The first-order valence-electron chi connectivity index (χ1n) is 13.7. The Bertz CT molecular complexity index is 1280. The van der Waals surface area contributed by atoms with Crippen molar-refractivity contribution >= 4 is 29.4 Å². The number of carbonyl (C=O) groups is 3. The average molecular weight is 629 g/mol. The molecule has 0 aromatic heterocycles. The van der Waals surface area contributed by atoms with Gasteiger partial charge in [0.2, 0.25) is 5.91 Å². The molecule has 3 unspecified atom stereocenters. The number of nitrogens with two attached hydrogens (primary N) is 1. The number of allylic oxidation sites excluding steroid dienone is 5. The van der Waals surface area contributed by atoms with Crippen molar-refractivity contribution in [3.05, 3.63) is 71.5 Å². The molecule has 0 saturated heterocycles. The first-order valence-corrected chi connectivity index (χ1v) is 13.7. The highest BCUT2D eigenvalue weighted by Crippen LogP contribution is 2.32. The fourth-order valence-electron chi connectivity index (χ4n) is 4.22. The monoisotopic (exact) mass is 628 g/mol. The zero-order chi connectivity index (χ0) is 33.5. The Morgan fingerprint density at radius 2 is 1.61 bits per heavy atom. The van der Waals surface area contributed by atoms with Crippen LogP contribution < -0.4 is 16.0 Å². The number of ketones is 1. The summed E-state index contributed by atoms with van der Waals surface area (Å²) in [4.78, 5) is 42.1. The molecule has 1 aromatic rings. The predicted octanol–water partition coefficient (Wildman–Crippen LogP) is 5.86. The maximum atomic E-state index is 12.8. The maximum absolute atomic E-state index is 12.8. The van der Waals surface area contributed by atoms with Gasteiger partial charge in [0, 0.05) is 55.7 Å². The summed E-state index contributed by atoms with van der Waals surface area (Å²) in [6, 6.07) is 7.13.